The van der Waals surface area contributed by atoms with Crippen LogP contribution in [0.1, 0.15) is 5.56 Å². The van der Waals surface area contributed by atoms with Gasteiger partial charge in [0.1, 0.15) is 12.4 Å². The van der Waals surface area contributed by atoms with Crippen molar-refractivity contribution in [2.45, 2.75) is 0 Å². The van der Waals surface area contributed by atoms with Crippen LogP contribution < -0.4 is 10.5 Å². The number of hydrogen-bond acceptors (Lipinski definition) is 4. The minimum atomic E-state index is 0.476. The van der Waals surface area contributed by atoms with E-state index in [-0.39, 0.29) is 0 Å². The molecule has 0 amide bonds. The molecule has 1 aromatic heterocycles. The van der Waals surface area contributed by atoms with Crippen LogP contribution in [0.2, 0.25) is 0 Å². The number of hydrogen-bond donors (Lipinski definition) is 1. The van der Waals surface area contributed by atoms with Gasteiger partial charge in [-0.3, -0.25) is 4.99 Å². The van der Waals surface area contributed by atoms with E-state index in [1.54, 1.807) is 12.3 Å². The molecular formula is C8H9N3O. The summed E-state index contributed by atoms with van der Waals surface area (Å²) in [4.78, 5) is 8.15. The second-order valence-corrected chi connectivity index (χ2v) is 2.51. The third-order valence-corrected chi connectivity index (χ3v) is 1.60. The molecular weight excluding hydrogens is 154 g/mol. The van der Waals surface area contributed by atoms with Crippen molar-refractivity contribution >= 4 is 12.0 Å². The Morgan fingerprint density at radius 3 is 3.25 bits per heavy atom. The summed E-state index contributed by atoms with van der Waals surface area (Å²) in [6, 6.07) is 3.59. The molecule has 0 saturated heterocycles. The molecule has 4 nitrogen and oxygen atoms in total. The molecule has 0 radical (unpaired) electrons. The molecule has 0 bridgehead atoms. The summed E-state index contributed by atoms with van der Waals surface area (Å²) in [5, 5.41) is 0. The van der Waals surface area contributed by atoms with E-state index in [4.69, 9.17) is 10.5 Å². The van der Waals surface area contributed by atoms with E-state index in [1.807, 2.05) is 6.07 Å². The number of aliphatic imine (C=N–C) groups is 1. The highest BCUT2D eigenvalue weighted by Gasteiger charge is 2.06. The van der Waals surface area contributed by atoms with Gasteiger partial charge in [-0.05, 0) is 12.1 Å². The van der Waals surface area contributed by atoms with Gasteiger partial charge in [0.15, 0.2) is 0 Å². The molecule has 4 heteroatoms. The van der Waals surface area contributed by atoms with Gasteiger partial charge in [0.05, 0.1) is 12.1 Å². The summed E-state index contributed by atoms with van der Waals surface area (Å²) in [6.07, 6.45) is 1.76. The Hall–Kier alpha value is -1.58. The van der Waals surface area contributed by atoms with Crippen LogP contribution in [-0.4, -0.2) is 24.4 Å². The summed E-state index contributed by atoms with van der Waals surface area (Å²) in [7, 11) is 0. The SMILES string of the molecule is Nc1ccc2c(n1)OCCN=C2. The summed E-state index contributed by atoms with van der Waals surface area (Å²) in [5.74, 6) is 1.06. The van der Waals surface area contributed by atoms with Gasteiger partial charge in [0.2, 0.25) is 5.88 Å². The van der Waals surface area contributed by atoms with Gasteiger partial charge >= 0.3 is 0 Å². The van der Waals surface area contributed by atoms with Gasteiger partial charge in [0.25, 0.3) is 0 Å². The van der Waals surface area contributed by atoms with E-state index in [0.717, 1.165) is 5.56 Å². The van der Waals surface area contributed by atoms with Crippen molar-refractivity contribution in [2.24, 2.45) is 4.99 Å². The summed E-state index contributed by atoms with van der Waals surface area (Å²) >= 11 is 0. The van der Waals surface area contributed by atoms with Crippen molar-refractivity contribution in [3.63, 3.8) is 0 Å². The highest BCUT2D eigenvalue weighted by molar-refractivity contribution is 5.83. The molecule has 0 fully saturated rings. The van der Waals surface area contributed by atoms with Gasteiger partial charge in [-0.15, -0.1) is 0 Å². The molecule has 2 rings (SSSR count). The summed E-state index contributed by atoms with van der Waals surface area (Å²) < 4.78 is 5.31. The second kappa shape index (κ2) is 2.81. The van der Waals surface area contributed by atoms with E-state index in [2.05, 4.69) is 9.98 Å². The first-order valence-electron chi connectivity index (χ1n) is 3.75. The van der Waals surface area contributed by atoms with E-state index in [9.17, 15) is 0 Å². The monoisotopic (exact) mass is 163 g/mol. The molecule has 0 spiro atoms. The Morgan fingerprint density at radius 1 is 1.42 bits per heavy atom. The van der Waals surface area contributed by atoms with Crippen LogP contribution in [0.25, 0.3) is 0 Å². The summed E-state index contributed by atoms with van der Waals surface area (Å²) in [6.45, 7) is 1.25. The third-order valence-electron chi connectivity index (χ3n) is 1.60. The molecule has 12 heavy (non-hydrogen) atoms. The molecule has 0 saturated carbocycles. The fourth-order valence-corrected chi connectivity index (χ4v) is 1.04. The maximum absolute atomic E-state index is 5.50. The fraction of sp³-hybridized carbons (Fsp3) is 0.250. The lowest BCUT2D eigenvalue weighted by molar-refractivity contribution is 0.319. The molecule has 1 aromatic rings. The maximum Gasteiger partial charge on any atom is 0.224 e. The first kappa shape index (κ1) is 7.09. The molecule has 0 aromatic carbocycles. The smallest absolute Gasteiger partial charge is 0.224 e. The topological polar surface area (TPSA) is 60.5 Å². The minimum absolute atomic E-state index is 0.476. The average Bonchev–Trinajstić information content (AvgIpc) is 2.28. The van der Waals surface area contributed by atoms with Crippen LogP contribution in [0.5, 0.6) is 5.88 Å². The number of pyridine rings is 1. The van der Waals surface area contributed by atoms with Crippen molar-refractivity contribution < 1.29 is 4.74 Å². The molecule has 0 atom stereocenters. The number of anilines is 1. The van der Waals surface area contributed by atoms with Crippen LogP contribution in [0.3, 0.4) is 0 Å². The number of nitrogen functional groups attached to an aromatic ring is 1. The Labute approximate surface area is 70.1 Å². The first-order chi connectivity index (χ1) is 5.86. The van der Waals surface area contributed by atoms with E-state index >= 15 is 0 Å². The van der Waals surface area contributed by atoms with Gasteiger partial charge in [0, 0.05) is 6.21 Å². The van der Waals surface area contributed by atoms with E-state index < -0.39 is 0 Å². The van der Waals surface area contributed by atoms with Crippen LogP contribution >= 0.6 is 0 Å². The Balaban J connectivity index is 2.46. The number of ether oxygens (including phenoxy) is 1. The lowest BCUT2D eigenvalue weighted by atomic mass is 10.3. The Morgan fingerprint density at radius 2 is 2.33 bits per heavy atom. The lowest BCUT2D eigenvalue weighted by Crippen LogP contribution is -2.02. The predicted molar refractivity (Wildman–Crippen MR) is 46.6 cm³/mol. The van der Waals surface area contributed by atoms with Crippen molar-refractivity contribution in [1.29, 1.82) is 0 Å². The molecule has 1 aliphatic rings. The standard InChI is InChI=1S/C8H9N3O/c9-7-2-1-6-5-10-3-4-12-8(6)11-7/h1-2,5H,3-4H2,(H2,9,11). The number of fused-ring (bicyclic) bond motifs is 1. The third kappa shape index (κ3) is 1.23. The largest absolute Gasteiger partial charge is 0.475 e. The van der Waals surface area contributed by atoms with E-state index in [0.29, 0.717) is 24.8 Å². The number of nitrogens with zero attached hydrogens (tertiary/aromatic N) is 2. The minimum Gasteiger partial charge on any atom is -0.475 e. The molecule has 62 valence electrons. The van der Waals surface area contributed by atoms with Crippen molar-refractivity contribution in [3.8, 4) is 5.88 Å². The molecule has 0 unspecified atom stereocenters. The highest BCUT2D eigenvalue weighted by atomic mass is 16.5. The zero-order valence-electron chi connectivity index (χ0n) is 6.53. The molecule has 2 heterocycles. The second-order valence-electron chi connectivity index (χ2n) is 2.51. The van der Waals surface area contributed by atoms with Crippen LogP contribution in [0.4, 0.5) is 5.82 Å². The molecule has 0 aliphatic carbocycles. The first-order valence-corrected chi connectivity index (χ1v) is 3.75. The van der Waals surface area contributed by atoms with Crippen molar-refractivity contribution in [2.75, 3.05) is 18.9 Å². The van der Waals surface area contributed by atoms with Crippen LogP contribution in [-0.2, 0) is 0 Å². The number of nitrogens with two attached hydrogens (primary N) is 1. The summed E-state index contributed by atoms with van der Waals surface area (Å²) in [5.41, 5.74) is 6.39. The van der Waals surface area contributed by atoms with Crippen LogP contribution in [0, 0.1) is 0 Å². The highest BCUT2D eigenvalue weighted by Crippen LogP contribution is 2.16. The normalized spacial score (nSPS) is 14.7. The zero-order valence-corrected chi connectivity index (χ0v) is 6.53. The maximum atomic E-state index is 5.50. The average molecular weight is 163 g/mol. The Kier molecular flexibility index (Phi) is 1.66. The van der Waals surface area contributed by atoms with Gasteiger partial charge in [-0.25, -0.2) is 0 Å². The predicted octanol–water partition coefficient (Wildman–Crippen LogP) is 0.475. The van der Waals surface area contributed by atoms with Gasteiger partial charge in [-0.2, -0.15) is 4.98 Å². The molecule has 1 aliphatic heterocycles. The molecule has 2 N–H and O–H groups in total. The van der Waals surface area contributed by atoms with Crippen molar-refractivity contribution in [3.05, 3.63) is 17.7 Å². The number of aromatic nitrogens is 1. The zero-order chi connectivity index (χ0) is 8.39. The Bertz CT molecular complexity index is 322. The van der Waals surface area contributed by atoms with E-state index in [1.165, 1.54) is 0 Å². The van der Waals surface area contributed by atoms with Gasteiger partial charge in [-0.1, -0.05) is 0 Å². The van der Waals surface area contributed by atoms with Gasteiger partial charge < -0.3 is 10.5 Å². The van der Waals surface area contributed by atoms with Crippen LogP contribution in [0.15, 0.2) is 17.1 Å². The fourth-order valence-electron chi connectivity index (χ4n) is 1.04. The quantitative estimate of drug-likeness (QED) is 0.605. The lowest BCUT2D eigenvalue weighted by Gasteiger charge is -2.03. The number of rotatable bonds is 0. The van der Waals surface area contributed by atoms with Crippen molar-refractivity contribution in [1.82, 2.24) is 4.98 Å².